The first-order chi connectivity index (χ1) is 8.97. The summed E-state index contributed by atoms with van der Waals surface area (Å²) in [5.41, 5.74) is -0.621. The Kier molecular flexibility index (Phi) is 4.88. The highest BCUT2D eigenvalue weighted by atomic mass is 16.7. The lowest BCUT2D eigenvalue weighted by atomic mass is 9.86. The van der Waals surface area contributed by atoms with Gasteiger partial charge in [-0.3, -0.25) is 0 Å². The van der Waals surface area contributed by atoms with E-state index < -0.39 is 5.60 Å². The van der Waals surface area contributed by atoms with Gasteiger partial charge in [0, 0.05) is 25.4 Å². The van der Waals surface area contributed by atoms with Gasteiger partial charge in [-0.25, -0.2) is 0 Å². The molecule has 4 heteroatoms. The Bertz CT molecular complexity index is 277. The Morgan fingerprint density at radius 3 is 2.42 bits per heavy atom. The predicted molar refractivity (Wildman–Crippen MR) is 75.0 cm³/mol. The van der Waals surface area contributed by atoms with Crippen molar-refractivity contribution >= 4 is 0 Å². The summed E-state index contributed by atoms with van der Waals surface area (Å²) < 4.78 is 11.5. The number of hydrogen-bond acceptors (Lipinski definition) is 4. The molecule has 112 valence electrons. The second-order valence-corrected chi connectivity index (χ2v) is 6.43. The van der Waals surface area contributed by atoms with Gasteiger partial charge in [0.15, 0.2) is 5.79 Å². The Labute approximate surface area is 116 Å². The van der Waals surface area contributed by atoms with Gasteiger partial charge >= 0.3 is 0 Å². The summed E-state index contributed by atoms with van der Waals surface area (Å²) in [7, 11) is 0. The van der Waals surface area contributed by atoms with Crippen molar-refractivity contribution in [2.75, 3.05) is 19.8 Å². The van der Waals surface area contributed by atoms with E-state index in [0.29, 0.717) is 18.5 Å². The van der Waals surface area contributed by atoms with Gasteiger partial charge < -0.3 is 19.9 Å². The Morgan fingerprint density at radius 2 is 1.89 bits per heavy atom. The molecule has 1 saturated carbocycles. The van der Waals surface area contributed by atoms with Crippen LogP contribution >= 0.6 is 0 Å². The zero-order valence-corrected chi connectivity index (χ0v) is 12.6. The maximum absolute atomic E-state index is 10.4. The van der Waals surface area contributed by atoms with E-state index in [1.807, 2.05) is 6.92 Å². The van der Waals surface area contributed by atoms with Crippen LogP contribution in [0.5, 0.6) is 0 Å². The molecule has 2 atom stereocenters. The van der Waals surface area contributed by atoms with Crippen molar-refractivity contribution < 1.29 is 14.6 Å². The van der Waals surface area contributed by atoms with Crippen LogP contribution in [-0.2, 0) is 9.47 Å². The first kappa shape index (κ1) is 15.2. The quantitative estimate of drug-likeness (QED) is 0.803. The standard InChI is InChI=1S/C15H29NO3/c1-4-12(2)14(3,17)11-16-13-5-7-15(8-6-13)18-9-10-19-15/h12-13,16-17H,4-11H2,1-3H3/t12-,14+/m0/s1. The molecule has 1 aliphatic carbocycles. The van der Waals surface area contributed by atoms with E-state index in [0.717, 1.165) is 45.3 Å². The maximum Gasteiger partial charge on any atom is 0.168 e. The predicted octanol–water partition coefficient (Wildman–Crippen LogP) is 2.06. The normalized spacial score (nSPS) is 28.4. The molecule has 2 rings (SSSR count). The summed E-state index contributed by atoms with van der Waals surface area (Å²) in [5, 5.41) is 13.9. The van der Waals surface area contributed by atoms with E-state index in [1.165, 1.54) is 0 Å². The number of nitrogens with one attached hydrogen (secondary N) is 1. The Balaban J connectivity index is 1.74. The molecule has 19 heavy (non-hydrogen) atoms. The van der Waals surface area contributed by atoms with Crippen molar-refractivity contribution in [3.05, 3.63) is 0 Å². The third-order valence-corrected chi connectivity index (χ3v) is 4.98. The first-order valence-electron chi connectivity index (χ1n) is 7.71. The summed E-state index contributed by atoms with van der Waals surface area (Å²) >= 11 is 0. The molecule has 1 heterocycles. The molecule has 1 saturated heterocycles. The van der Waals surface area contributed by atoms with Crippen LogP contribution in [0.4, 0.5) is 0 Å². The van der Waals surface area contributed by atoms with E-state index in [-0.39, 0.29) is 5.79 Å². The minimum Gasteiger partial charge on any atom is -0.389 e. The topological polar surface area (TPSA) is 50.7 Å². The van der Waals surface area contributed by atoms with Crippen LogP contribution in [0, 0.1) is 5.92 Å². The summed E-state index contributed by atoms with van der Waals surface area (Å²) in [6, 6.07) is 0.481. The van der Waals surface area contributed by atoms with Gasteiger partial charge in [-0.05, 0) is 25.7 Å². The van der Waals surface area contributed by atoms with Crippen LogP contribution in [-0.4, -0.2) is 42.3 Å². The fraction of sp³-hybridized carbons (Fsp3) is 1.00. The molecule has 0 aromatic heterocycles. The van der Waals surface area contributed by atoms with Crippen LogP contribution in [0.25, 0.3) is 0 Å². The van der Waals surface area contributed by atoms with Gasteiger partial charge in [-0.15, -0.1) is 0 Å². The van der Waals surface area contributed by atoms with Crippen LogP contribution in [0.3, 0.4) is 0 Å². The molecule has 4 nitrogen and oxygen atoms in total. The number of hydrogen-bond donors (Lipinski definition) is 2. The molecule has 0 aromatic rings. The fourth-order valence-corrected chi connectivity index (χ4v) is 3.01. The SMILES string of the molecule is CC[C@H](C)[C@](C)(O)CNC1CCC2(CC1)OCCO2. The average Bonchev–Trinajstić information content (AvgIpc) is 2.85. The lowest BCUT2D eigenvalue weighted by molar-refractivity contribution is -0.179. The van der Waals surface area contributed by atoms with E-state index in [1.54, 1.807) is 0 Å². The summed E-state index contributed by atoms with van der Waals surface area (Å²) in [6.07, 6.45) is 5.07. The summed E-state index contributed by atoms with van der Waals surface area (Å²) in [5.74, 6) is 0.0358. The molecule has 0 aromatic carbocycles. The molecule has 0 bridgehead atoms. The van der Waals surface area contributed by atoms with Gasteiger partial charge in [0.2, 0.25) is 0 Å². The maximum atomic E-state index is 10.4. The second-order valence-electron chi connectivity index (χ2n) is 6.43. The molecular weight excluding hydrogens is 242 g/mol. The number of ether oxygens (including phenoxy) is 2. The van der Waals surface area contributed by atoms with Crippen LogP contribution < -0.4 is 5.32 Å². The summed E-state index contributed by atoms with van der Waals surface area (Å²) in [4.78, 5) is 0. The van der Waals surface area contributed by atoms with Crippen molar-refractivity contribution in [3.63, 3.8) is 0 Å². The Morgan fingerprint density at radius 1 is 1.32 bits per heavy atom. The van der Waals surface area contributed by atoms with E-state index in [4.69, 9.17) is 9.47 Å². The minimum atomic E-state index is -0.621. The molecule has 2 N–H and O–H groups in total. The largest absolute Gasteiger partial charge is 0.389 e. The van der Waals surface area contributed by atoms with Gasteiger partial charge in [-0.2, -0.15) is 0 Å². The zero-order valence-electron chi connectivity index (χ0n) is 12.6. The van der Waals surface area contributed by atoms with Gasteiger partial charge in [-0.1, -0.05) is 20.3 Å². The van der Waals surface area contributed by atoms with Crippen molar-refractivity contribution in [2.45, 2.75) is 70.3 Å². The van der Waals surface area contributed by atoms with Gasteiger partial charge in [0.05, 0.1) is 18.8 Å². The highest BCUT2D eigenvalue weighted by molar-refractivity contribution is 4.88. The van der Waals surface area contributed by atoms with Gasteiger partial charge in [0.1, 0.15) is 0 Å². The molecule has 2 aliphatic rings. The third kappa shape index (κ3) is 3.69. The molecule has 0 unspecified atom stereocenters. The monoisotopic (exact) mass is 271 g/mol. The third-order valence-electron chi connectivity index (χ3n) is 4.98. The van der Waals surface area contributed by atoms with E-state index >= 15 is 0 Å². The van der Waals surface area contributed by atoms with Crippen molar-refractivity contribution in [3.8, 4) is 0 Å². The lowest BCUT2D eigenvalue weighted by Gasteiger charge is -2.38. The number of rotatable bonds is 5. The van der Waals surface area contributed by atoms with Crippen LogP contribution in [0.2, 0.25) is 0 Å². The molecule has 1 aliphatic heterocycles. The van der Waals surface area contributed by atoms with Crippen molar-refractivity contribution in [1.29, 1.82) is 0 Å². The highest BCUT2D eigenvalue weighted by Gasteiger charge is 2.40. The number of aliphatic hydroxyl groups is 1. The molecular formula is C15H29NO3. The molecule has 2 fully saturated rings. The van der Waals surface area contributed by atoms with Gasteiger partial charge in [0.25, 0.3) is 0 Å². The first-order valence-corrected chi connectivity index (χ1v) is 7.71. The zero-order chi connectivity index (χ0) is 13.9. The molecule has 0 amide bonds. The smallest absolute Gasteiger partial charge is 0.168 e. The minimum absolute atomic E-state index is 0.280. The van der Waals surface area contributed by atoms with Crippen molar-refractivity contribution in [2.24, 2.45) is 5.92 Å². The Hall–Kier alpha value is -0.160. The van der Waals surface area contributed by atoms with E-state index in [9.17, 15) is 5.11 Å². The van der Waals surface area contributed by atoms with Crippen LogP contribution in [0.1, 0.15) is 52.9 Å². The molecule has 0 radical (unpaired) electrons. The van der Waals surface area contributed by atoms with Crippen LogP contribution in [0.15, 0.2) is 0 Å². The molecule has 1 spiro atoms. The van der Waals surface area contributed by atoms with Crippen molar-refractivity contribution in [1.82, 2.24) is 5.32 Å². The second kappa shape index (κ2) is 6.08. The average molecular weight is 271 g/mol. The summed E-state index contributed by atoms with van der Waals surface area (Å²) in [6.45, 7) is 8.31. The fourth-order valence-electron chi connectivity index (χ4n) is 3.01. The van der Waals surface area contributed by atoms with E-state index in [2.05, 4.69) is 19.2 Å². The lowest BCUT2D eigenvalue weighted by Crippen LogP contribution is -2.49. The highest BCUT2D eigenvalue weighted by Crippen LogP contribution is 2.35.